The van der Waals surface area contributed by atoms with Crippen LogP contribution in [-0.4, -0.2) is 22.2 Å². The molecule has 7 nitrogen and oxygen atoms in total. The van der Waals surface area contributed by atoms with Crippen molar-refractivity contribution in [1.29, 1.82) is 5.26 Å². The van der Waals surface area contributed by atoms with E-state index in [1.54, 1.807) is 61.0 Å². The van der Waals surface area contributed by atoms with E-state index in [0.29, 0.717) is 45.1 Å². The van der Waals surface area contributed by atoms with Crippen molar-refractivity contribution in [3.63, 3.8) is 0 Å². The summed E-state index contributed by atoms with van der Waals surface area (Å²) in [6.45, 7) is 3.78. The van der Waals surface area contributed by atoms with Crippen molar-refractivity contribution in [2.45, 2.75) is 13.8 Å². The fourth-order valence-electron chi connectivity index (χ4n) is 3.33. The molecule has 8 heteroatoms. The Morgan fingerprint density at radius 2 is 2.00 bits per heavy atom. The summed E-state index contributed by atoms with van der Waals surface area (Å²) in [5.41, 5.74) is 3.19. The van der Waals surface area contributed by atoms with Gasteiger partial charge in [0.25, 0.3) is 0 Å². The third-order valence-electron chi connectivity index (χ3n) is 4.83. The molecule has 0 radical (unpaired) electrons. The second-order valence-electron chi connectivity index (χ2n) is 6.94. The molecule has 0 saturated heterocycles. The van der Waals surface area contributed by atoms with Crippen molar-refractivity contribution < 1.29 is 18.7 Å². The lowest BCUT2D eigenvalue weighted by atomic mass is 10.1. The number of halogens is 1. The number of hydrogen-bond donors (Lipinski definition) is 1. The molecular formula is C24H19FN4O3. The van der Waals surface area contributed by atoms with Crippen LogP contribution in [0, 0.1) is 24.1 Å². The van der Waals surface area contributed by atoms with Crippen LogP contribution in [0.5, 0.6) is 11.5 Å². The van der Waals surface area contributed by atoms with Crippen molar-refractivity contribution >= 4 is 22.9 Å². The third-order valence-corrected chi connectivity index (χ3v) is 4.83. The number of rotatable bonds is 6. The van der Waals surface area contributed by atoms with Gasteiger partial charge in [-0.25, -0.2) is 13.7 Å². The molecule has 160 valence electrons. The van der Waals surface area contributed by atoms with Gasteiger partial charge in [0, 0.05) is 18.0 Å². The predicted molar refractivity (Wildman–Crippen MR) is 117 cm³/mol. The monoisotopic (exact) mass is 430 g/mol. The summed E-state index contributed by atoms with van der Waals surface area (Å²) in [4.78, 5) is 12.3. The number of hydrogen-bond acceptors (Lipinski definition) is 6. The van der Waals surface area contributed by atoms with Crippen LogP contribution in [0.3, 0.4) is 0 Å². The molecule has 0 fully saturated rings. The summed E-state index contributed by atoms with van der Waals surface area (Å²) >= 11 is 0. The lowest BCUT2D eigenvalue weighted by molar-refractivity contribution is 0.0525. The zero-order chi connectivity index (χ0) is 22.7. The van der Waals surface area contributed by atoms with Gasteiger partial charge in [-0.15, -0.1) is 0 Å². The molecule has 2 aromatic carbocycles. The summed E-state index contributed by atoms with van der Waals surface area (Å²) in [5.74, 6) is 0.101. The van der Waals surface area contributed by atoms with Crippen molar-refractivity contribution in [1.82, 2.24) is 9.61 Å². The van der Waals surface area contributed by atoms with Gasteiger partial charge >= 0.3 is 5.97 Å². The molecule has 0 atom stereocenters. The van der Waals surface area contributed by atoms with Crippen molar-refractivity contribution in [3.8, 4) is 17.6 Å². The number of anilines is 2. The molecule has 0 amide bonds. The maximum absolute atomic E-state index is 13.4. The Morgan fingerprint density at radius 1 is 1.22 bits per heavy atom. The first-order valence-electron chi connectivity index (χ1n) is 9.88. The molecule has 1 N–H and O–H groups in total. The van der Waals surface area contributed by atoms with Crippen LogP contribution in [0.15, 0.2) is 60.9 Å². The van der Waals surface area contributed by atoms with Crippen molar-refractivity contribution in [2.75, 3.05) is 11.9 Å². The van der Waals surface area contributed by atoms with Gasteiger partial charge in [-0.2, -0.15) is 10.4 Å². The summed E-state index contributed by atoms with van der Waals surface area (Å²) in [6.07, 6.45) is 3.02. The molecule has 2 heterocycles. The van der Waals surface area contributed by atoms with E-state index >= 15 is 0 Å². The van der Waals surface area contributed by atoms with Gasteiger partial charge in [-0.3, -0.25) is 0 Å². The average molecular weight is 430 g/mol. The first-order valence-corrected chi connectivity index (χ1v) is 9.88. The molecule has 0 bridgehead atoms. The predicted octanol–water partition coefficient (Wildman–Crippen LogP) is 5.37. The minimum atomic E-state index is -0.446. The van der Waals surface area contributed by atoms with E-state index in [1.165, 1.54) is 18.3 Å². The molecular weight excluding hydrogens is 411 g/mol. The highest BCUT2D eigenvalue weighted by molar-refractivity contribution is 5.97. The van der Waals surface area contributed by atoms with Crippen molar-refractivity contribution in [2.24, 2.45) is 0 Å². The van der Waals surface area contributed by atoms with Crippen LogP contribution < -0.4 is 10.1 Å². The summed E-state index contributed by atoms with van der Waals surface area (Å²) in [5, 5.41) is 17.1. The van der Waals surface area contributed by atoms with E-state index in [2.05, 4.69) is 16.5 Å². The molecule has 0 spiro atoms. The molecule has 0 aliphatic heterocycles. The Kier molecular flexibility index (Phi) is 5.73. The zero-order valence-corrected chi connectivity index (χ0v) is 17.4. The Hall–Kier alpha value is -4.38. The number of carbonyl (C=O) groups is 1. The molecule has 0 aliphatic rings. The number of benzene rings is 2. The van der Waals surface area contributed by atoms with Crippen molar-refractivity contribution in [3.05, 3.63) is 83.4 Å². The first kappa shape index (κ1) is 20.9. The Morgan fingerprint density at radius 3 is 2.69 bits per heavy atom. The van der Waals surface area contributed by atoms with E-state index in [1.807, 2.05) is 0 Å². The van der Waals surface area contributed by atoms with Gasteiger partial charge in [-0.1, -0.05) is 6.07 Å². The average Bonchev–Trinajstić information content (AvgIpc) is 3.12. The fraction of sp³-hybridized carbons (Fsp3) is 0.125. The molecule has 4 aromatic rings. The van der Waals surface area contributed by atoms with Crippen LogP contribution in [0.2, 0.25) is 0 Å². The van der Waals surface area contributed by atoms with Gasteiger partial charge in [0.15, 0.2) is 0 Å². The van der Waals surface area contributed by atoms with Gasteiger partial charge in [0.05, 0.1) is 35.1 Å². The largest absolute Gasteiger partial charge is 0.462 e. The number of carbonyl (C=O) groups excluding carboxylic acids is 1. The smallest absolute Gasteiger partial charge is 0.340 e. The van der Waals surface area contributed by atoms with Gasteiger partial charge in [0.2, 0.25) is 0 Å². The van der Waals surface area contributed by atoms with E-state index in [9.17, 15) is 14.4 Å². The van der Waals surface area contributed by atoms with Crippen LogP contribution in [-0.2, 0) is 4.74 Å². The molecule has 0 aliphatic carbocycles. The first-order chi connectivity index (χ1) is 15.5. The second-order valence-corrected chi connectivity index (χ2v) is 6.94. The molecule has 4 rings (SSSR count). The number of nitriles is 1. The number of nitrogens with one attached hydrogen (secondary N) is 1. The van der Waals surface area contributed by atoms with Gasteiger partial charge in [-0.05, 0) is 55.8 Å². The van der Waals surface area contributed by atoms with Crippen LogP contribution in [0.25, 0.3) is 5.52 Å². The molecule has 2 aromatic heterocycles. The Balaban J connectivity index is 1.66. The number of nitrogens with zero attached hydrogens (tertiary/aromatic N) is 3. The highest BCUT2D eigenvalue weighted by Crippen LogP contribution is 2.31. The number of aryl methyl sites for hydroxylation is 1. The lowest BCUT2D eigenvalue weighted by Crippen LogP contribution is -2.04. The summed E-state index contributed by atoms with van der Waals surface area (Å²) < 4.78 is 25.7. The third kappa shape index (κ3) is 4.09. The number of fused-ring (bicyclic) bond motifs is 1. The summed E-state index contributed by atoms with van der Waals surface area (Å²) in [6, 6.07) is 15.0. The van der Waals surface area contributed by atoms with Crippen LogP contribution in [0.1, 0.15) is 28.4 Å². The molecule has 0 saturated carbocycles. The highest BCUT2D eigenvalue weighted by Gasteiger charge is 2.20. The van der Waals surface area contributed by atoms with Crippen LogP contribution in [0.4, 0.5) is 15.8 Å². The van der Waals surface area contributed by atoms with Gasteiger partial charge < -0.3 is 14.8 Å². The van der Waals surface area contributed by atoms with E-state index in [0.717, 1.165) is 0 Å². The van der Waals surface area contributed by atoms with Crippen LogP contribution >= 0.6 is 0 Å². The van der Waals surface area contributed by atoms with Gasteiger partial charge in [0.1, 0.15) is 23.4 Å². The molecule has 32 heavy (non-hydrogen) atoms. The topological polar surface area (TPSA) is 88.7 Å². The van der Waals surface area contributed by atoms with E-state index in [-0.39, 0.29) is 12.4 Å². The normalized spacial score (nSPS) is 10.6. The SMILES string of the molecule is CCOC(=O)c1cn2ncc(C#N)c(Nc3ccc(Oc4cccc(F)c4)cc3)c2c1C. The number of esters is 1. The fourth-order valence-corrected chi connectivity index (χ4v) is 3.33. The van der Waals surface area contributed by atoms with E-state index < -0.39 is 5.97 Å². The zero-order valence-electron chi connectivity index (χ0n) is 17.4. The van der Waals surface area contributed by atoms with E-state index in [4.69, 9.17) is 9.47 Å². The maximum Gasteiger partial charge on any atom is 0.340 e. The quantitative estimate of drug-likeness (QED) is 0.414. The second kappa shape index (κ2) is 8.78. The number of ether oxygens (including phenoxy) is 2. The summed E-state index contributed by atoms with van der Waals surface area (Å²) in [7, 11) is 0. The standard InChI is InChI=1S/C24H19FN4O3/c1-3-31-24(30)21-14-29-23(15(21)2)22(16(12-26)13-27-29)28-18-7-9-19(10-8-18)32-20-6-4-5-17(25)11-20/h4-11,13-14,28H,3H2,1-2H3. The maximum atomic E-state index is 13.4. The number of aromatic nitrogens is 2. The minimum Gasteiger partial charge on any atom is -0.462 e. The minimum absolute atomic E-state index is 0.260. The Labute approximate surface area is 183 Å². The Bertz CT molecular complexity index is 1340. The highest BCUT2D eigenvalue weighted by atomic mass is 19.1. The molecule has 0 unspecified atom stereocenters. The lowest BCUT2D eigenvalue weighted by Gasteiger charge is -2.12.